The van der Waals surface area contributed by atoms with E-state index in [-0.39, 0.29) is 11.5 Å². The van der Waals surface area contributed by atoms with Crippen LogP contribution in [0.4, 0.5) is 0 Å². The lowest BCUT2D eigenvalue weighted by atomic mass is 10.2. The van der Waals surface area contributed by atoms with E-state index in [1.54, 1.807) is 12.1 Å². The third kappa shape index (κ3) is 5.48. The molecule has 6 nitrogen and oxygen atoms in total. The Bertz CT molecular complexity index is 816. The number of hydrogen-bond donors (Lipinski definition) is 1. The topological polar surface area (TPSA) is 99.4 Å². The maximum Gasteiger partial charge on any atom is 0.331 e. The van der Waals surface area contributed by atoms with E-state index >= 15 is 0 Å². The minimum atomic E-state index is -3.72. The number of nitrogens with two attached hydrogens (primary N) is 1. The first kappa shape index (κ1) is 17.1. The van der Waals surface area contributed by atoms with Crippen LogP contribution in [0.2, 0.25) is 5.15 Å². The fourth-order valence-electron chi connectivity index (χ4n) is 1.63. The molecule has 0 fully saturated rings. The zero-order valence-electron chi connectivity index (χ0n) is 11.8. The minimum absolute atomic E-state index is 0.00691. The zero-order chi connectivity index (χ0) is 16.9. The van der Waals surface area contributed by atoms with Crippen molar-refractivity contribution in [2.24, 2.45) is 5.14 Å². The molecule has 23 heavy (non-hydrogen) atoms. The number of ether oxygens (including phenoxy) is 1. The van der Waals surface area contributed by atoms with Gasteiger partial charge < -0.3 is 4.74 Å². The number of carbonyl (C=O) groups is 1. The van der Waals surface area contributed by atoms with E-state index in [4.69, 9.17) is 21.5 Å². The second-order valence-corrected chi connectivity index (χ2v) is 6.49. The van der Waals surface area contributed by atoms with Crippen molar-refractivity contribution in [3.8, 4) is 0 Å². The number of rotatable bonds is 5. The SMILES string of the molecule is NS(=O)(=O)c1ccc(/C=C/C(=O)OCc2ccc(Cl)nc2)cc1. The number of primary sulfonamides is 1. The van der Waals surface area contributed by atoms with Gasteiger partial charge in [0.15, 0.2) is 0 Å². The molecule has 0 bridgehead atoms. The predicted octanol–water partition coefficient (Wildman–Crippen LogP) is 2.14. The van der Waals surface area contributed by atoms with Crippen molar-refractivity contribution in [3.63, 3.8) is 0 Å². The molecule has 0 amide bonds. The van der Waals surface area contributed by atoms with Crippen LogP contribution in [0.15, 0.2) is 53.6 Å². The Morgan fingerprint density at radius 1 is 1.22 bits per heavy atom. The first-order valence-electron chi connectivity index (χ1n) is 6.43. The van der Waals surface area contributed by atoms with Crippen molar-refractivity contribution in [1.82, 2.24) is 4.98 Å². The molecule has 0 spiro atoms. The predicted molar refractivity (Wildman–Crippen MR) is 85.9 cm³/mol. The summed E-state index contributed by atoms with van der Waals surface area (Å²) < 4.78 is 27.3. The van der Waals surface area contributed by atoms with Crippen LogP contribution in [0.3, 0.4) is 0 Å². The second kappa shape index (κ2) is 7.36. The molecular weight excluding hydrogens is 340 g/mol. The van der Waals surface area contributed by atoms with Crippen molar-refractivity contribution >= 4 is 33.7 Å². The van der Waals surface area contributed by atoms with E-state index in [0.717, 1.165) is 0 Å². The zero-order valence-corrected chi connectivity index (χ0v) is 13.4. The number of aromatic nitrogens is 1. The Morgan fingerprint density at radius 2 is 1.91 bits per heavy atom. The van der Waals surface area contributed by atoms with E-state index in [9.17, 15) is 13.2 Å². The van der Waals surface area contributed by atoms with Crippen molar-refractivity contribution in [1.29, 1.82) is 0 Å². The first-order chi connectivity index (χ1) is 10.8. The van der Waals surface area contributed by atoms with Crippen LogP contribution in [0.5, 0.6) is 0 Å². The summed E-state index contributed by atoms with van der Waals surface area (Å²) in [4.78, 5) is 15.5. The number of nitrogens with zero attached hydrogens (tertiary/aromatic N) is 1. The van der Waals surface area contributed by atoms with Gasteiger partial charge >= 0.3 is 5.97 Å². The number of esters is 1. The van der Waals surface area contributed by atoms with Crippen LogP contribution in [0.25, 0.3) is 6.08 Å². The summed E-state index contributed by atoms with van der Waals surface area (Å²) >= 11 is 5.66. The lowest BCUT2D eigenvalue weighted by Gasteiger charge is -2.02. The van der Waals surface area contributed by atoms with Gasteiger partial charge in [0.1, 0.15) is 11.8 Å². The summed E-state index contributed by atoms with van der Waals surface area (Å²) in [6.07, 6.45) is 4.27. The largest absolute Gasteiger partial charge is 0.458 e. The second-order valence-electron chi connectivity index (χ2n) is 4.54. The van der Waals surface area contributed by atoms with E-state index in [1.807, 2.05) is 0 Å². The van der Waals surface area contributed by atoms with E-state index in [1.165, 1.54) is 42.6 Å². The lowest BCUT2D eigenvalue weighted by molar-refractivity contribution is -0.138. The van der Waals surface area contributed by atoms with Gasteiger partial charge in [-0.2, -0.15) is 0 Å². The number of hydrogen-bond acceptors (Lipinski definition) is 5. The van der Waals surface area contributed by atoms with Gasteiger partial charge in [-0.25, -0.2) is 23.3 Å². The molecule has 1 aromatic carbocycles. The van der Waals surface area contributed by atoms with Gasteiger partial charge in [0, 0.05) is 17.8 Å². The Labute approximate surface area is 138 Å². The van der Waals surface area contributed by atoms with Gasteiger partial charge in [0.05, 0.1) is 4.90 Å². The summed E-state index contributed by atoms with van der Waals surface area (Å²) in [6, 6.07) is 9.10. The van der Waals surface area contributed by atoms with Crippen molar-refractivity contribution in [2.75, 3.05) is 0 Å². The molecule has 0 radical (unpaired) electrons. The average molecular weight is 353 g/mol. The molecule has 2 rings (SSSR count). The van der Waals surface area contributed by atoms with Crippen LogP contribution in [-0.4, -0.2) is 19.4 Å². The molecule has 0 aliphatic heterocycles. The maximum absolute atomic E-state index is 11.6. The Kier molecular flexibility index (Phi) is 5.49. The monoisotopic (exact) mass is 352 g/mol. The van der Waals surface area contributed by atoms with Crippen molar-refractivity contribution in [2.45, 2.75) is 11.5 Å². The number of benzene rings is 1. The first-order valence-corrected chi connectivity index (χ1v) is 8.35. The summed E-state index contributed by atoms with van der Waals surface area (Å²) in [5.74, 6) is -0.532. The molecule has 0 aliphatic carbocycles. The highest BCUT2D eigenvalue weighted by molar-refractivity contribution is 7.89. The van der Waals surface area contributed by atoms with Crippen LogP contribution in [0, 0.1) is 0 Å². The quantitative estimate of drug-likeness (QED) is 0.505. The van der Waals surface area contributed by atoms with Gasteiger partial charge in [-0.05, 0) is 29.8 Å². The van der Waals surface area contributed by atoms with E-state index < -0.39 is 16.0 Å². The molecule has 2 N–H and O–H groups in total. The molecule has 8 heteroatoms. The molecule has 1 aromatic heterocycles. The molecule has 0 aliphatic rings. The van der Waals surface area contributed by atoms with Gasteiger partial charge in [-0.1, -0.05) is 29.8 Å². The Hall–Kier alpha value is -2.22. The summed E-state index contributed by atoms with van der Waals surface area (Å²) in [5.41, 5.74) is 1.36. The highest BCUT2D eigenvalue weighted by atomic mass is 35.5. The van der Waals surface area contributed by atoms with E-state index in [0.29, 0.717) is 16.3 Å². The Balaban J connectivity index is 1.91. The van der Waals surface area contributed by atoms with Crippen LogP contribution in [-0.2, 0) is 26.2 Å². The number of pyridine rings is 1. The highest BCUT2D eigenvalue weighted by Crippen LogP contribution is 2.10. The van der Waals surface area contributed by atoms with Gasteiger partial charge in [-0.15, -0.1) is 0 Å². The smallest absolute Gasteiger partial charge is 0.331 e. The van der Waals surface area contributed by atoms with Crippen molar-refractivity contribution < 1.29 is 17.9 Å². The molecular formula is C15H13ClN2O4S. The molecule has 1 heterocycles. The number of halogens is 1. The molecule has 0 saturated heterocycles. The summed E-state index contributed by atoms with van der Waals surface area (Å²) in [5, 5.41) is 5.36. The maximum atomic E-state index is 11.6. The standard InChI is InChI=1S/C15H13ClN2O4S/c16-14-7-3-12(9-18-14)10-22-15(19)8-4-11-1-5-13(6-2-11)23(17,20)21/h1-9H,10H2,(H2,17,20,21)/b8-4+. The van der Waals surface area contributed by atoms with Crippen LogP contribution >= 0.6 is 11.6 Å². The van der Waals surface area contributed by atoms with Crippen LogP contribution in [0.1, 0.15) is 11.1 Å². The minimum Gasteiger partial charge on any atom is -0.458 e. The summed E-state index contributed by atoms with van der Waals surface area (Å²) in [7, 11) is -3.72. The fraction of sp³-hybridized carbons (Fsp3) is 0.0667. The fourth-order valence-corrected chi connectivity index (χ4v) is 2.25. The number of sulfonamides is 1. The van der Waals surface area contributed by atoms with Gasteiger partial charge in [0.25, 0.3) is 0 Å². The third-order valence-electron chi connectivity index (χ3n) is 2.79. The third-order valence-corrected chi connectivity index (χ3v) is 3.94. The average Bonchev–Trinajstić information content (AvgIpc) is 2.52. The molecule has 0 saturated carbocycles. The molecule has 2 aromatic rings. The van der Waals surface area contributed by atoms with Gasteiger partial charge in [0.2, 0.25) is 10.0 Å². The molecule has 120 valence electrons. The molecule has 0 atom stereocenters. The van der Waals surface area contributed by atoms with Crippen LogP contribution < -0.4 is 5.14 Å². The van der Waals surface area contributed by atoms with Gasteiger partial charge in [-0.3, -0.25) is 0 Å². The normalized spacial score (nSPS) is 11.6. The van der Waals surface area contributed by atoms with E-state index in [2.05, 4.69) is 4.98 Å². The highest BCUT2D eigenvalue weighted by Gasteiger charge is 2.06. The molecule has 0 unspecified atom stereocenters. The van der Waals surface area contributed by atoms with Crippen molar-refractivity contribution in [3.05, 3.63) is 65.0 Å². The lowest BCUT2D eigenvalue weighted by Crippen LogP contribution is -2.11. The summed E-state index contributed by atoms with van der Waals surface area (Å²) in [6.45, 7) is 0.0810. The Morgan fingerprint density at radius 3 is 2.48 bits per heavy atom. The number of carbonyl (C=O) groups excluding carboxylic acids is 1.